The molecular formula is C12H10Cl2N2O3. The predicted octanol–water partition coefficient (Wildman–Crippen LogP) is 3.02. The van der Waals surface area contributed by atoms with Crippen molar-refractivity contribution in [2.75, 3.05) is 7.11 Å². The van der Waals surface area contributed by atoms with E-state index in [1.54, 1.807) is 18.2 Å². The third-order valence-corrected chi connectivity index (χ3v) is 3.00. The van der Waals surface area contributed by atoms with Crippen molar-refractivity contribution in [2.24, 2.45) is 0 Å². The van der Waals surface area contributed by atoms with Crippen molar-refractivity contribution in [3.05, 3.63) is 45.7 Å². The van der Waals surface area contributed by atoms with Crippen molar-refractivity contribution >= 4 is 29.2 Å². The molecule has 0 saturated carbocycles. The van der Waals surface area contributed by atoms with Gasteiger partial charge in [-0.1, -0.05) is 23.2 Å². The van der Waals surface area contributed by atoms with E-state index in [1.165, 1.54) is 18.0 Å². The molecule has 0 unspecified atom stereocenters. The van der Waals surface area contributed by atoms with E-state index in [1.807, 2.05) is 0 Å². The molecule has 1 aromatic heterocycles. The van der Waals surface area contributed by atoms with Crippen LogP contribution in [0.3, 0.4) is 0 Å². The molecule has 0 amide bonds. The van der Waals surface area contributed by atoms with Gasteiger partial charge in [-0.3, -0.25) is 0 Å². The smallest absolute Gasteiger partial charge is 0.339 e. The van der Waals surface area contributed by atoms with E-state index in [9.17, 15) is 4.79 Å². The van der Waals surface area contributed by atoms with E-state index in [2.05, 4.69) is 5.10 Å². The third-order valence-electron chi connectivity index (χ3n) is 2.46. The normalized spacial score (nSPS) is 10.7. The van der Waals surface area contributed by atoms with Crippen molar-refractivity contribution in [3.8, 4) is 5.69 Å². The summed E-state index contributed by atoms with van der Waals surface area (Å²) < 4.78 is 6.32. The molecule has 100 valence electrons. The zero-order valence-corrected chi connectivity index (χ0v) is 11.4. The molecule has 5 nitrogen and oxygen atoms in total. The number of aromatic nitrogens is 2. The maximum absolute atomic E-state index is 11.1. The maximum atomic E-state index is 11.1. The molecule has 1 N–H and O–H groups in total. The summed E-state index contributed by atoms with van der Waals surface area (Å²) in [5.41, 5.74) is 0.963. The molecule has 0 spiro atoms. The van der Waals surface area contributed by atoms with Crippen molar-refractivity contribution in [2.45, 2.75) is 6.61 Å². The number of ether oxygens (including phenoxy) is 1. The van der Waals surface area contributed by atoms with Crippen LogP contribution in [-0.2, 0) is 11.3 Å². The van der Waals surface area contributed by atoms with E-state index in [4.69, 9.17) is 33.0 Å². The summed E-state index contributed by atoms with van der Waals surface area (Å²) in [4.78, 5) is 11.1. The zero-order chi connectivity index (χ0) is 14.0. The number of rotatable bonds is 4. The van der Waals surface area contributed by atoms with Crippen LogP contribution in [0.2, 0.25) is 10.0 Å². The lowest BCUT2D eigenvalue weighted by Crippen LogP contribution is -2.00. The molecule has 0 bridgehead atoms. The molecule has 1 heterocycles. The highest BCUT2D eigenvalue weighted by Gasteiger charge is 2.17. The molecule has 0 aliphatic carbocycles. The van der Waals surface area contributed by atoms with E-state index in [-0.39, 0.29) is 12.2 Å². The average molecular weight is 301 g/mol. The highest BCUT2D eigenvalue weighted by Crippen LogP contribution is 2.25. The van der Waals surface area contributed by atoms with Gasteiger partial charge < -0.3 is 9.84 Å². The molecule has 0 saturated heterocycles. The molecule has 0 radical (unpaired) electrons. The van der Waals surface area contributed by atoms with Crippen LogP contribution in [0, 0.1) is 0 Å². The van der Waals surface area contributed by atoms with E-state index in [0.717, 1.165) is 0 Å². The lowest BCUT2D eigenvalue weighted by atomic mass is 10.2. The first-order valence-electron chi connectivity index (χ1n) is 5.29. The summed E-state index contributed by atoms with van der Waals surface area (Å²) >= 11 is 11.9. The second kappa shape index (κ2) is 5.61. The first-order valence-corrected chi connectivity index (χ1v) is 6.04. The van der Waals surface area contributed by atoms with Gasteiger partial charge in [-0.25, -0.2) is 9.48 Å². The Balaban J connectivity index is 2.50. The number of hydrogen-bond donors (Lipinski definition) is 1. The monoisotopic (exact) mass is 300 g/mol. The molecule has 0 aliphatic rings. The van der Waals surface area contributed by atoms with Gasteiger partial charge >= 0.3 is 5.97 Å². The number of nitrogens with zero attached hydrogens (tertiary/aromatic N) is 2. The van der Waals surface area contributed by atoms with Gasteiger partial charge in [0.2, 0.25) is 0 Å². The standard InChI is InChI=1S/C12H10Cl2N2O3/c1-19-6-10-8(12(17)18)5-16(15-10)11-3-2-7(13)4-9(11)14/h2-5H,6H2,1H3,(H,17,18). The summed E-state index contributed by atoms with van der Waals surface area (Å²) in [6, 6.07) is 4.89. The average Bonchev–Trinajstić information content (AvgIpc) is 2.73. The van der Waals surface area contributed by atoms with Gasteiger partial charge in [0.05, 0.1) is 17.3 Å². The molecule has 7 heteroatoms. The highest BCUT2D eigenvalue weighted by molar-refractivity contribution is 6.35. The van der Waals surface area contributed by atoms with Crippen LogP contribution < -0.4 is 0 Å². The van der Waals surface area contributed by atoms with Crippen molar-refractivity contribution in [3.63, 3.8) is 0 Å². The van der Waals surface area contributed by atoms with Gasteiger partial charge in [0.15, 0.2) is 0 Å². The summed E-state index contributed by atoms with van der Waals surface area (Å²) in [6.45, 7) is 0.111. The van der Waals surface area contributed by atoms with Crippen LogP contribution >= 0.6 is 23.2 Å². The van der Waals surface area contributed by atoms with Crippen LogP contribution in [0.1, 0.15) is 16.1 Å². The number of carboxylic acid groups (broad SMARTS) is 1. The fourth-order valence-electron chi connectivity index (χ4n) is 1.62. The molecule has 1 aromatic carbocycles. The number of methoxy groups -OCH3 is 1. The Labute approximate surface area is 119 Å². The number of halogens is 2. The van der Waals surface area contributed by atoms with E-state index < -0.39 is 5.97 Å². The van der Waals surface area contributed by atoms with Crippen molar-refractivity contribution in [1.29, 1.82) is 0 Å². The van der Waals surface area contributed by atoms with Gasteiger partial charge in [-0.05, 0) is 18.2 Å². The Morgan fingerprint density at radius 2 is 2.21 bits per heavy atom. The number of benzene rings is 1. The zero-order valence-electron chi connectivity index (χ0n) is 9.93. The van der Waals surface area contributed by atoms with Gasteiger partial charge in [0.25, 0.3) is 0 Å². The van der Waals surface area contributed by atoms with Gasteiger partial charge in [-0.15, -0.1) is 0 Å². The molecule has 2 rings (SSSR count). The summed E-state index contributed by atoms with van der Waals surface area (Å²) in [6.07, 6.45) is 1.39. The van der Waals surface area contributed by atoms with Crippen molar-refractivity contribution < 1.29 is 14.6 Å². The summed E-state index contributed by atoms with van der Waals surface area (Å²) in [5, 5.41) is 14.2. The molecule has 2 aromatic rings. The van der Waals surface area contributed by atoms with Gasteiger partial charge in [0, 0.05) is 18.3 Å². The minimum Gasteiger partial charge on any atom is -0.478 e. The number of hydrogen-bond acceptors (Lipinski definition) is 3. The largest absolute Gasteiger partial charge is 0.478 e. The minimum atomic E-state index is -1.07. The van der Waals surface area contributed by atoms with Gasteiger partial charge in [0.1, 0.15) is 11.3 Å². The van der Waals surface area contributed by atoms with Crippen LogP contribution in [0.25, 0.3) is 5.69 Å². The molecular weight excluding hydrogens is 291 g/mol. The first kappa shape index (κ1) is 13.9. The van der Waals surface area contributed by atoms with Crippen LogP contribution in [-0.4, -0.2) is 28.0 Å². The molecule has 19 heavy (non-hydrogen) atoms. The first-order chi connectivity index (χ1) is 9.02. The van der Waals surface area contributed by atoms with Crippen LogP contribution in [0.4, 0.5) is 0 Å². The summed E-state index contributed by atoms with van der Waals surface area (Å²) in [5.74, 6) is -1.07. The molecule has 0 fully saturated rings. The van der Waals surface area contributed by atoms with E-state index in [0.29, 0.717) is 21.4 Å². The Morgan fingerprint density at radius 3 is 2.79 bits per heavy atom. The van der Waals surface area contributed by atoms with Gasteiger partial charge in [-0.2, -0.15) is 5.10 Å². The Bertz CT molecular complexity index is 625. The Kier molecular flexibility index (Phi) is 4.09. The molecule has 0 aliphatic heterocycles. The quantitative estimate of drug-likeness (QED) is 0.942. The minimum absolute atomic E-state index is 0.0767. The second-order valence-electron chi connectivity index (χ2n) is 3.77. The number of carboxylic acids is 1. The van der Waals surface area contributed by atoms with Crippen molar-refractivity contribution in [1.82, 2.24) is 9.78 Å². The van der Waals surface area contributed by atoms with Crippen LogP contribution in [0.15, 0.2) is 24.4 Å². The summed E-state index contributed by atoms with van der Waals surface area (Å²) in [7, 11) is 1.47. The maximum Gasteiger partial charge on any atom is 0.339 e. The SMILES string of the molecule is COCc1nn(-c2ccc(Cl)cc2Cl)cc1C(=O)O. The predicted molar refractivity (Wildman–Crippen MR) is 71.3 cm³/mol. The molecule has 0 atom stereocenters. The van der Waals surface area contributed by atoms with Crippen LogP contribution in [0.5, 0.6) is 0 Å². The Hall–Kier alpha value is -1.56. The second-order valence-corrected chi connectivity index (χ2v) is 4.61. The lowest BCUT2D eigenvalue weighted by molar-refractivity contribution is 0.0692. The Morgan fingerprint density at radius 1 is 1.47 bits per heavy atom. The number of carbonyl (C=O) groups is 1. The fraction of sp³-hybridized carbons (Fsp3) is 0.167. The lowest BCUT2D eigenvalue weighted by Gasteiger charge is -2.04. The van der Waals surface area contributed by atoms with E-state index >= 15 is 0 Å². The number of aromatic carboxylic acids is 1. The topological polar surface area (TPSA) is 64.4 Å². The fourth-order valence-corrected chi connectivity index (χ4v) is 2.12. The highest BCUT2D eigenvalue weighted by atomic mass is 35.5. The third kappa shape index (κ3) is 2.89.